The Morgan fingerprint density at radius 2 is 1.65 bits per heavy atom. The Hall–Kier alpha value is -3.10. The van der Waals surface area contributed by atoms with E-state index in [4.69, 9.17) is 0 Å². The SMILES string of the molecule is Cc1ccc(S(=O)(=O)N2CCCCC2)cc1NC(=O)c1cnc(-c2ccccc2)nc1. The Bertz CT molecular complexity index is 1170. The molecule has 2 aromatic carbocycles. The van der Waals surface area contributed by atoms with Gasteiger partial charge >= 0.3 is 0 Å². The Kier molecular flexibility index (Phi) is 6.11. The van der Waals surface area contributed by atoms with Gasteiger partial charge in [0.05, 0.1) is 10.5 Å². The number of aromatic nitrogens is 2. The van der Waals surface area contributed by atoms with E-state index in [1.807, 2.05) is 37.3 Å². The van der Waals surface area contributed by atoms with Crippen molar-refractivity contribution in [3.8, 4) is 11.4 Å². The van der Waals surface area contributed by atoms with E-state index in [-0.39, 0.29) is 4.90 Å². The highest BCUT2D eigenvalue weighted by Gasteiger charge is 2.26. The van der Waals surface area contributed by atoms with Gasteiger partial charge in [-0.15, -0.1) is 0 Å². The molecule has 0 spiro atoms. The predicted molar refractivity (Wildman–Crippen MR) is 119 cm³/mol. The fourth-order valence-electron chi connectivity index (χ4n) is 3.53. The molecule has 7 nitrogen and oxygen atoms in total. The summed E-state index contributed by atoms with van der Waals surface area (Å²) in [4.78, 5) is 21.5. The average molecular weight is 437 g/mol. The highest BCUT2D eigenvalue weighted by molar-refractivity contribution is 7.89. The molecule has 31 heavy (non-hydrogen) atoms. The molecule has 1 amide bonds. The topological polar surface area (TPSA) is 92.3 Å². The van der Waals surface area contributed by atoms with Gasteiger partial charge in [0.15, 0.2) is 5.82 Å². The maximum Gasteiger partial charge on any atom is 0.258 e. The van der Waals surface area contributed by atoms with Crippen molar-refractivity contribution in [1.29, 1.82) is 0 Å². The number of hydrogen-bond donors (Lipinski definition) is 1. The van der Waals surface area contributed by atoms with E-state index in [2.05, 4.69) is 15.3 Å². The van der Waals surface area contributed by atoms with Crippen LogP contribution >= 0.6 is 0 Å². The van der Waals surface area contributed by atoms with E-state index in [9.17, 15) is 13.2 Å². The van der Waals surface area contributed by atoms with Gasteiger partial charge in [0, 0.05) is 36.7 Å². The third kappa shape index (κ3) is 4.65. The number of rotatable bonds is 5. The quantitative estimate of drug-likeness (QED) is 0.655. The van der Waals surface area contributed by atoms with Crippen LogP contribution in [0.15, 0.2) is 65.8 Å². The third-order valence-corrected chi connectivity index (χ3v) is 7.25. The normalized spacial score (nSPS) is 14.9. The number of hydrogen-bond acceptors (Lipinski definition) is 5. The lowest BCUT2D eigenvalue weighted by atomic mass is 10.2. The minimum absolute atomic E-state index is 0.186. The molecule has 1 aliphatic rings. The van der Waals surface area contributed by atoms with E-state index in [0.717, 1.165) is 30.4 Å². The average Bonchev–Trinajstić information content (AvgIpc) is 2.81. The van der Waals surface area contributed by atoms with Crippen LogP contribution in [0.25, 0.3) is 11.4 Å². The van der Waals surface area contributed by atoms with Crippen LogP contribution in [-0.2, 0) is 10.0 Å². The molecule has 0 saturated carbocycles. The van der Waals surface area contributed by atoms with E-state index in [0.29, 0.717) is 30.2 Å². The molecule has 160 valence electrons. The molecule has 8 heteroatoms. The molecule has 1 aliphatic heterocycles. The molecule has 2 heterocycles. The van der Waals surface area contributed by atoms with Gasteiger partial charge in [-0.1, -0.05) is 42.8 Å². The van der Waals surface area contributed by atoms with Gasteiger partial charge < -0.3 is 5.32 Å². The van der Waals surface area contributed by atoms with Crippen LogP contribution in [0.1, 0.15) is 35.2 Å². The molecule has 0 bridgehead atoms. The summed E-state index contributed by atoms with van der Waals surface area (Å²) in [5, 5.41) is 2.80. The summed E-state index contributed by atoms with van der Waals surface area (Å²) >= 11 is 0. The van der Waals surface area contributed by atoms with Gasteiger partial charge in [0.2, 0.25) is 10.0 Å². The summed E-state index contributed by atoms with van der Waals surface area (Å²) in [6.07, 6.45) is 5.72. The van der Waals surface area contributed by atoms with Crippen molar-refractivity contribution in [2.45, 2.75) is 31.1 Å². The van der Waals surface area contributed by atoms with Gasteiger partial charge in [-0.2, -0.15) is 4.31 Å². The molecule has 4 rings (SSSR count). The van der Waals surface area contributed by atoms with Gasteiger partial charge in [-0.05, 0) is 37.5 Å². The van der Waals surface area contributed by atoms with Crippen LogP contribution < -0.4 is 5.32 Å². The van der Waals surface area contributed by atoms with Crippen LogP contribution in [0.3, 0.4) is 0 Å². The van der Waals surface area contributed by atoms with E-state index in [1.54, 1.807) is 12.1 Å². The lowest BCUT2D eigenvalue weighted by Crippen LogP contribution is -2.35. The Morgan fingerprint density at radius 3 is 2.32 bits per heavy atom. The maximum atomic E-state index is 13.0. The molecule has 3 aromatic rings. The Balaban J connectivity index is 1.53. The van der Waals surface area contributed by atoms with Crippen LogP contribution in [0, 0.1) is 6.92 Å². The molecular formula is C23H24N4O3S. The number of sulfonamides is 1. The molecule has 0 atom stereocenters. The van der Waals surface area contributed by atoms with Crippen molar-refractivity contribution < 1.29 is 13.2 Å². The number of aryl methyl sites for hydroxylation is 1. The number of nitrogens with zero attached hydrogens (tertiary/aromatic N) is 3. The van der Waals surface area contributed by atoms with Crippen LogP contribution in [0.2, 0.25) is 0 Å². The second-order valence-corrected chi connectivity index (χ2v) is 9.49. The smallest absolute Gasteiger partial charge is 0.258 e. The largest absolute Gasteiger partial charge is 0.322 e. The van der Waals surface area contributed by atoms with Crippen LogP contribution in [0.5, 0.6) is 0 Å². The van der Waals surface area contributed by atoms with Crippen molar-refractivity contribution >= 4 is 21.6 Å². The zero-order valence-corrected chi connectivity index (χ0v) is 18.1. The number of carbonyl (C=O) groups excluding carboxylic acids is 1. The van der Waals surface area contributed by atoms with Gasteiger partial charge in [-0.25, -0.2) is 18.4 Å². The van der Waals surface area contributed by atoms with Crippen molar-refractivity contribution in [3.05, 3.63) is 72.1 Å². The second-order valence-electron chi connectivity index (χ2n) is 7.56. The lowest BCUT2D eigenvalue weighted by Gasteiger charge is -2.26. The molecule has 1 aromatic heterocycles. The van der Waals surface area contributed by atoms with E-state index >= 15 is 0 Å². The third-order valence-electron chi connectivity index (χ3n) is 5.36. The first kappa shape index (κ1) is 21.1. The van der Waals surface area contributed by atoms with Crippen LogP contribution in [-0.4, -0.2) is 41.7 Å². The van der Waals surface area contributed by atoms with E-state index in [1.165, 1.54) is 22.8 Å². The fourth-order valence-corrected chi connectivity index (χ4v) is 5.07. The van der Waals surface area contributed by atoms with Gasteiger partial charge in [0.1, 0.15) is 0 Å². The summed E-state index contributed by atoms with van der Waals surface area (Å²) < 4.78 is 27.5. The van der Waals surface area contributed by atoms with Crippen molar-refractivity contribution in [2.75, 3.05) is 18.4 Å². The lowest BCUT2D eigenvalue weighted by molar-refractivity contribution is 0.102. The first-order chi connectivity index (χ1) is 14.9. The zero-order valence-electron chi connectivity index (χ0n) is 17.3. The molecule has 1 N–H and O–H groups in total. The number of anilines is 1. The molecule has 0 radical (unpaired) electrons. The minimum Gasteiger partial charge on any atom is -0.322 e. The molecule has 1 saturated heterocycles. The minimum atomic E-state index is -3.58. The number of nitrogens with one attached hydrogen (secondary N) is 1. The van der Waals surface area contributed by atoms with Crippen molar-refractivity contribution in [2.24, 2.45) is 0 Å². The van der Waals surface area contributed by atoms with Gasteiger partial charge in [-0.3, -0.25) is 4.79 Å². The molecule has 1 fully saturated rings. The predicted octanol–water partition coefficient (Wildman–Crippen LogP) is 3.88. The number of benzene rings is 2. The first-order valence-corrected chi connectivity index (χ1v) is 11.7. The summed E-state index contributed by atoms with van der Waals surface area (Å²) in [7, 11) is -3.58. The summed E-state index contributed by atoms with van der Waals surface area (Å²) in [5.74, 6) is 0.137. The number of piperidine rings is 1. The van der Waals surface area contributed by atoms with Crippen molar-refractivity contribution in [1.82, 2.24) is 14.3 Å². The summed E-state index contributed by atoms with van der Waals surface area (Å²) in [6, 6.07) is 14.3. The Labute approximate surface area is 182 Å². The number of amides is 1. The van der Waals surface area contributed by atoms with Crippen LogP contribution in [0.4, 0.5) is 5.69 Å². The van der Waals surface area contributed by atoms with Crippen molar-refractivity contribution in [3.63, 3.8) is 0 Å². The monoisotopic (exact) mass is 436 g/mol. The Morgan fingerprint density at radius 1 is 0.968 bits per heavy atom. The highest BCUT2D eigenvalue weighted by atomic mass is 32.2. The maximum absolute atomic E-state index is 13.0. The summed E-state index contributed by atoms with van der Waals surface area (Å²) in [5.41, 5.74) is 2.38. The molecule has 0 unspecified atom stereocenters. The first-order valence-electron chi connectivity index (χ1n) is 10.2. The standard InChI is InChI=1S/C23H24N4O3S/c1-17-10-11-20(31(29,30)27-12-6-3-7-13-27)14-21(17)26-23(28)19-15-24-22(25-16-19)18-8-4-2-5-9-18/h2,4-5,8-11,14-16H,3,6-7,12-13H2,1H3,(H,26,28). The summed E-state index contributed by atoms with van der Waals surface area (Å²) in [6.45, 7) is 2.88. The fraction of sp³-hybridized carbons (Fsp3) is 0.261. The number of carbonyl (C=O) groups is 1. The van der Waals surface area contributed by atoms with E-state index < -0.39 is 15.9 Å². The highest BCUT2D eigenvalue weighted by Crippen LogP contribution is 2.25. The molecular weight excluding hydrogens is 412 g/mol. The second kappa shape index (κ2) is 8.95. The zero-order chi connectivity index (χ0) is 21.8. The molecule has 0 aliphatic carbocycles. The van der Waals surface area contributed by atoms with Gasteiger partial charge in [0.25, 0.3) is 5.91 Å².